The number of carbonyl (C=O) groups is 2. The predicted octanol–water partition coefficient (Wildman–Crippen LogP) is 0.963. The summed E-state index contributed by atoms with van der Waals surface area (Å²) in [5.41, 5.74) is 0.389. The monoisotopic (exact) mass is 264 g/mol. The maximum absolute atomic E-state index is 13.4. The Bertz CT molecular complexity index is 490. The van der Waals surface area contributed by atoms with Crippen molar-refractivity contribution in [3.05, 3.63) is 35.6 Å². The number of nitrogens with zero attached hydrogens (tertiary/aromatic N) is 1. The van der Waals surface area contributed by atoms with E-state index in [9.17, 15) is 14.0 Å². The Morgan fingerprint density at radius 2 is 2.21 bits per heavy atom. The predicted molar refractivity (Wildman–Crippen MR) is 68.9 cm³/mol. The molecule has 4 nitrogen and oxygen atoms in total. The van der Waals surface area contributed by atoms with Crippen LogP contribution in [0.2, 0.25) is 0 Å². The van der Waals surface area contributed by atoms with E-state index in [1.54, 1.807) is 30.1 Å². The zero-order valence-electron chi connectivity index (χ0n) is 10.9. The minimum atomic E-state index is -0.367. The van der Waals surface area contributed by atoms with Crippen LogP contribution in [0.5, 0.6) is 0 Å². The Morgan fingerprint density at radius 1 is 1.47 bits per heavy atom. The first-order chi connectivity index (χ1) is 9.06. The average molecular weight is 264 g/mol. The highest BCUT2D eigenvalue weighted by Crippen LogP contribution is 2.14. The summed E-state index contributed by atoms with van der Waals surface area (Å²) in [6.45, 7) is 1.13. The van der Waals surface area contributed by atoms with Crippen LogP contribution in [-0.4, -0.2) is 36.9 Å². The first-order valence-electron chi connectivity index (χ1n) is 6.30. The highest BCUT2D eigenvalue weighted by Gasteiger charge is 2.26. The van der Waals surface area contributed by atoms with Crippen molar-refractivity contribution >= 4 is 11.8 Å². The molecule has 0 aliphatic carbocycles. The van der Waals surface area contributed by atoms with Gasteiger partial charge < -0.3 is 10.2 Å². The van der Waals surface area contributed by atoms with Gasteiger partial charge in [0.15, 0.2) is 0 Å². The molecule has 1 aliphatic rings. The smallest absolute Gasteiger partial charge is 0.224 e. The molecule has 0 saturated carbocycles. The Hall–Kier alpha value is -1.91. The summed E-state index contributed by atoms with van der Waals surface area (Å²) in [6, 6.07) is 6.24. The van der Waals surface area contributed by atoms with Gasteiger partial charge in [-0.15, -0.1) is 0 Å². The number of benzene rings is 1. The molecule has 0 bridgehead atoms. The van der Waals surface area contributed by atoms with E-state index in [0.29, 0.717) is 25.1 Å². The maximum Gasteiger partial charge on any atom is 0.224 e. The van der Waals surface area contributed by atoms with Gasteiger partial charge in [-0.3, -0.25) is 9.59 Å². The van der Waals surface area contributed by atoms with Gasteiger partial charge >= 0.3 is 0 Å². The van der Waals surface area contributed by atoms with Crippen molar-refractivity contribution in [1.82, 2.24) is 10.2 Å². The third-order valence-electron chi connectivity index (χ3n) is 3.32. The first kappa shape index (κ1) is 13.5. The Kier molecular flexibility index (Phi) is 4.14. The molecule has 5 heteroatoms. The third kappa shape index (κ3) is 3.53. The summed E-state index contributed by atoms with van der Waals surface area (Å²) in [7, 11) is 1.75. The molecule has 0 aromatic heterocycles. The number of rotatable bonds is 4. The lowest BCUT2D eigenvalue weighted by Gasteiger charge is -2.11. The fourth-order valence-corrected chi connectivity index (χ4v) is 2.23. The van der Waals surface area contributed by atoms with Gasteiger partial charge in [0, 0.05) is 32.5 Å². The van der Waals surface area contributed by atoms with Crippen LogP contribution in [0.25, 0.3) is 0 Å². The maximum atomic E-state index is 13.4. The van der Waals surface area contributed by atoms with Crippen molar-refractivity contribution in [3.63, 3.8) is 0 Å². The normalized spacial score (nSPS) is 18.7. The average Bonchev–Trinajstić information content (AvgIpc) is 2.69. The van der Waals surface area contributed by atoms with Crippen molar-refractivity contribution in [2.45, 2.75) is 12.8 Å². The van der Waals surface area contributed by atoms with E-state index >= 15 is 0 Å². The number of halogens is 1. The first-order valence-corrected chi connectivity index (χ1v) is 6.30. The molecule has 1 aliphatic heterocycles. The minimum Gasteiger partial charge on any atom is -0.355 e. The molecule has 1 saturated heterocycles. The van der Waals surface area contributed by atoms with Gasteiger partial charge in [-0.1, -0.05) is 18.2 Å². The summed E-state index contributed by atoms with van der Waals surface area (Å²) in [6.07, 6.45) is 0.500. The molecule has 1 heterocycles. The second kappa shape index (κ2) is 5.82. The van der Waals surface area contributed by atoms with Crippen molar-refractivity contribution in [1.29, 1.82) is 0 Å². The second-order valence-electron chi connectivity index (χ2n) is 4.92. The summed E-state index contributed by atoms with van der Waals surface area (Å²) in [4.78, 5) is 24.7. The molecule has 1 aromatic rings. The van der Waals surface area contributed by atoms with Gasteiger partial charge in [0.25, 0.3) is 0 Å². The van der Waals surface area contributed by atoms with Gasteiger partial charge in [-0.25, -0.2) is 4.39 Å². The topological polar surface area (TPSA) is 49.4 Å². The fourth-order valence-electron chi connectivity index (χ4n) is 2.23. The molecule has 2 amide bonds. The number of amides is 2. The van der Waals surface area contributed by atoms with Crippen LogP contribution in [-0.2, 0) is 16.0 Å². The Balaban J connectivity index is 1.80. The SMILES string of the molecule is CN1CC(CNC(=O)Cc2ccccc2F)CC1=O. The third-order valence-corrected chi connectivity index (χ3v) is 3.32. The Morgan fingerprint density at radius 3 is 2.84 bits per heavy atom. The van der Waals surface area contributed by atoms with Gasteiger partial charge in [-0.2, -0.15) is 0 Å². The van der Waals surface area contributed by atoms with E-state index in [2.05, 4.69) is 5.32 Å². The highest BCUT2D eigenvalue weighted by atomic mass is 19.1. The lowest BCUT2D eigenvalue weighted by atomic mass is 10.1. The summed E-state index contributed by atoms with van der Waals surface area (Å²) >= 11 is 0. The zero-order chi connectivity index (χ0) is 13.8. The largest absolute Gasteiger partial charge is 0.355 e. The quantitative estimate of drug-likeness (QED) is 0.880. The van der Waals surface area contributed by atoms with Crippen LogP contribution in [0, 0.1) is 11.7 Å². The van der Waals surface area contributed by atoms with E-state index in [0.717, 1.165) is 0 Å². The molecule has 0 radical (unpaired) electrons. The second-order valence-corrected chi connectivity index (χ2v) is 4.92. The molecule has 1 fully saturated rings. The number of nitrogens with one attached hydrogen (secondary N) is 1. The van der Waals surface area contributed by atoms with E-state index in [4.69, 9.17) is 0 Å². The Labute approximate surface area is 111 Å². The summed E-state index contributed by atoms with van der Waals surface area (Å²) < 4.78 is 13.4. The van der Waals surface area contributed by atoms with Crippen molar-refractivity contribution in [2.24, 2.45) is 5.92 Å². The molecular formula is C14H17FN2O2. The molecule has 0 spiro atoms. The molecule has 1 unspecified atom stereocenters. The van der Waals surface area contributed by atoms with Crippen LogP contribution in [0.15, 0.2) is 24.3 Å². The lowest BCUT2D eigenvalue weighted by Crippen LogP contribution is -2.31. The standard InChI is InChI=1S/C14H17FN2O2/c1-17-9-10(6-14(17)19)8-16-13(18)7-11-4-2-3-5-12(11)15/h2-5,10H,6-9H2,1H3,(H,16,18). The molecule has 2 rings (SSSR count). The van der Waals surface area contributed by atoms with Crippen LogP contribution in [0.1, 0.15) is 12.0 Å². The van der Waals surface area contributed by atoms with E-state index in [1.807, 2.05) is 0 Å². The number of likely N-dealkylation sites (tertiary alicyclic amines) is 1. The number of hydrogen-bond donors (Lipinski definition) is 1. The van der Waals surface area contributed by atoms with Crippen LogP contribution in [0.4, 0.5) is 4.39 Å². The fraction of sp³-hybridized carbons (Fsp3) is 0.429. The van der Waals surface area contributed by atoms with E-state index < -0.39 is 0 Å². The minimum absolute atomic E-state index is 0.0309. The molecular weight excluding hydrogens is 247 g/mol. The highest BCUT2D eigenvalue weighted by molar-refractivity contribution is 5.80. The van der Waals surface area contributed by atoms with Crippen LogP contribution < -0.4 is 5.32 Å². The van der Waals surface area contributed by atoms with E-state index in [-0.39, 0.29) is 30.0 Å². The van der Waals surface area contributed by atoms with Crippen molar-refractivity contribution < 1.29 is 14.0 Å². The molecule has 1 aromatic carbocycles. The van der Waals surface area contributed by atoms with Gasteiger partial charge in [0.2, 0.25) is 11.8 Å². The number of hydrogen-bond acceptors (Lipinski definition) is 2. The van der Waals surface area contributed by atoms with Gasteiger partial charge in [0.1, 0.15) is 5.82 Å². The van der Waals surface area contributed by atoms with Crippen molar-refractivity contribution in [3.8, 4) is 0 Å². The van der Waals surface area contributed by atoms with Gasteiger partial charge in [-0.05, 0) is 11.6 Å². The van der Waals surface area contributed by atoms with Crippen LogP contribution >= 0.6 is 0 Å². The van der Waals surface area contributed by atoms with Crippen LogP contribution in [0.3, 0.4) is 0 Å². The summed E-state index contributed by atoms with van der Waals surface area (Å²) in [5, 5.41) is 2.76. The molecule has 1 atom stereocenters. The van der Waals surface area contributed by atoms with Gasteiger partial charge in [0.05, 0.1) is 6.42 Å². The molecule has 19 heavy (non-hydrogen) atoms. The number of carbonyl (C=O) groups excluding carboxylic acids is 2. The summed E-state index contributed by atoms with van der Waals surface area (Å²) in [5.74, 6) is -0.323. The zero-order valence-corrected chi connectivity index (χ0v) is 10.9. The lowest BCUT2D eigenvalue weighted by molar-refractivity contribution is -0.126. The molecule has 102 valence electrons. The van der Waals surface area contributed by atoms with E-state index in [1.165, 1.54) is 6.07 Å². The van der Waals surface area contributed by atoms with Crippen molar-refractivity contribution in [2.75, 3.05) is 20.1 Å². The molecule has 1 N–H and O–H groups in total.